The molecule has 0 amide bonds. The summed E-state index contributed by atoms with van der Waals surface area (Å²) in [6, 6.07) is 4.79. The fourth-order valence-corrected chi connectivity index (χ4v) is 4.81. The average Bonchev–Trinajstić information content (AvgIpc) is 3.08. The monoisotopic (exact) mass is 332 g/mol. The lowest BCUT2D eigenvalue weighted by atomic mass is 10.1. The quantitative estimate of drug-likeness (QED) is 0.518. The maximum Gasteiger partial charge on any atom is 0.0305 e. The van der Waals surface area contributed by atoms with E-state index in [4.69, 9.17) is 0 Å². The largest absolute Gasteiger partial charge is 0.140 e. The van der Waals surface area contributed by atoms with Crippen molar-refractivity contribution in [1.29, 1.82) is 0 Å². The van der Waals surface area contributed by atoms with Crippen LogP contribution in [0.3, 0.4) is 0 Å². The third kappa shape index (κ3) is 3.91. The Kier molecular flexibility index (Phi) is 6.05. The van der Waals surface area contributed by atoms with E-state index in [1.807, 2.05) is 22.7 Å². The first-order chi connectivity index (χ1) is 10.5. The van der Waals surface area contributed by atoms with Gasteiger partial charge in [0.2, 0.25) is 0 Å². The van der Waals surface area contributed by atoms with Gasteiger partial charge in [-0.25, -0.2) is 0 Å². The second-order valence-corrected chi connectivity index (χ2v) is 8.66. The molecule has 0 saturated heterocycles. The molecule has 0 N–H and O–H groups in total. The van der Waals surface area contributed by atoms with Crippen LogP contribution in [0.1, 0.15) is 84.0 Å². The van der Waals surface area contributed by atoms with Gasteiger partial charge in [-0.1, -0.05) is 41.5 Å². The number of aryl methyl sites for hydroxylation is 2. The maximum atomic E-state index is 2.39. The van der Waals surface area contributed by atoms with Gasteiger partial charge in [0.15, 0.2) is 0 Å². The molecule has 2 heteroatoms. The predicted octanol–water partition coefficient (Wildman–Crippen LogP) is 7.35. The standard InChI is InChI=1S/C20H28S2/c1-7-15-11-19(13(3)4)21-17(15)9-10-18-16(8-2)12-20(22-18)14(5)6/h9-14H,7-8H2,1-6H3/b10-9+. The molecule has 0 atom stereocenters. The summed E-state index contributed by atoms with van der Waals surface area (Å²) in [6.45, 7) is 13.6. The molecular formula is C20H28S2. The lowest BCUT2D eigenvalue weighted by Gasteiger charge is -1.97. The Morgan fingerprint density at radius 1 is 0.773 bits per heavy atom. The van der Waals surface area contributed by atoms with Gasteiger partial charge < -0.3 is 0 Å². The highest BCUT2D eigenvalue weighted by atomic mass is 32.1. The molecule has 0 nitrogen and oxygen atoms in total. The minimum absolute atomic E-state index is 0.623. The lowest BCUT2D eigenvalue weighted by molar-refractivity contribution is 0.887. The molecule has 0 aliphatic heterocycles. The molecule has 0 spiro atoms. The second-order valence-electron chi connectivity index (χ2n) is 6.43. The minimum Gasteiger partial charge on any atom is -0.140 e. The molecule has 0 aliphatic rings. The van der Waals surface area contributed by atoms with Gasteiger partial charge in [0.25, 0.3) is 0 Å². The van der Waals surface area contributed by atoms with Crippen molar-refractivity contribution in [3.8, 4) is 0 Å². The van der Waals surface area contributed by atoms with Crippen LogP contribution in [0.25, 0.3) is 12.2 Å². The van der Waals surface area contributed by atoms with Gasteiger partial charge >= 0.3 is 0 Å². The molecule has 0 saturated carbocycles. The summed E-state index contributed by atoms with van der Waals surface area (Å²) in [5, 5.41) is 0. The fourth-order valence-electron chi connectivity index (χ4n) is 2.48. The van der Waals surface area contributed by atoms with E-state index in [-0.39, 0.29) is 0 Å². The van der Waals surface area contributed by atoms with Gasteiger partial charge in [-0.15, -0.1) is 22.7 Å². The Balaban J connectivity index is 2.32. The first-order valence-electron chi connectivity index (χ1n) is 8.39. The zero-order valence-electron chi connectivity index (χ0n) is 14.7. The number of thiophene rings is 2. The van der Waals surface area contributed by atoms with Crippen molar-refractivity contribution in [2.75, 3.05) is 0 Å². The third-order valence-corrected chi connectivity index (χ3v) is 6.89. The summed E-state index contributed by atoms with van der Waals surface area (Å²) in [5.41, 5.74) is 2.98. The van der Waals surface area contributed by atoms with Crippen LogP contribution in [0.5, 0.6) is 0 Å². The van der Waals surface area contributed by atoms with Gasteiger partial charge in [0.1, 0.15) is 0 Å². The first-order valence-corrected chi connectivity index (χ1v) is 10.0. The normalized spacial score (nSPS) is 12.2. The van der Waals surface area contributed by atoms with Gasteiger partial charge in [-0.3, -0.25) is 0 Å². The van der Waals surface area contributed by atoms with Crippen molar-refractivity contribution >= 4 is 34.8 Å². The topological polar surface area (TPSA) is 0 Å². The molecule has 2 aromatic rings. The van der Waals surface area contributed by atoms with Crippen LogP contribution < -0.4 is 0 Å². The number of rotatable bonds is 6. The summed E-state index contributed by atoms with van der Waals surface area (Å²) in [5.74, 6) is 1.25. The van der Waals surface area contributed by atoms with Crippen LogP contribution in [0.4, 0.5) is 0 Å². The van der Waals surface area contributed by atoms with Crippen LogP contribution in [0.15, 0.2) is 12.1 Å². The Bertz CT molecular complexity index is 582. The Labute approximate surface area is 143 Å². The van der Waals surface area contributed by atoms with E-state index in [9.17, 15) is 0 Å². The van der Waals surface area contributed by atoms with Crippen molar-refractivity contribution in [2.24, 2.45) is 0 Å². The van der Waals surface area contributed by atoms with Crippen LogP contribution in [0, 0.1) is 0 Å². The number of hydrogen-bond donors (Lipinski definition) is 0. The van der Waals surface area contributed by atoms with E-state index in [0.29, 0.717) is 11.8 Å². The van der Waals surface area contributed by atoms with Gasteiger partial charge in [-0.05, 0) is 60.1 Å². The zero-order valence-corrected chi connectivity index (χ0v) is 16.3. The summed E-state index contributed by atoms with van der Waals surface area (Å²) in [6.07, 6.45) is 6.91. The van der Waals surface area contributed by atoms with E-state index in [1.165, 1.54) is 30.6 Å². The van der Waals surface area contributed by atoms with Crippen LogP contribution in [0.2, 0.25) is 0 Å². The molecule has 120 valence electrons. The molecule has 2 aromatic heterocycles. The van der Waals surface area contributed by atoms with Crippen molar-refractivity contribution < 1.29 is 0 Å². The first kappa shape index (κ1) is 17.5. The summed E-state index contributed by atoms with van der Waals surface area (Å²) in [4.78, 5) is 5.88. The van der Waals surface area contributed by atoms with E-state index in [1.54, 1.807) is 0 Å². The van der Waals surface area contributed by atoms with Gasteiger partial charge in [0, 0.05) is 19.5 Å². The van der Waals surface area contributed by atoms with E-state index < -0.39 is 0 Å². The van der Waals surface area contributed by atoms with Gasteiger partial charge in [-0.2, -0.15) is 0 Å². The van der Waals surface area contributed by atoms with Crippen molar-refractivity contribution in [1.82, 2.24) is 0 Å². The third-order valence-electron chi connectivity index (χ3n) is 4.01. The lowest BCUT2D eigenvalue weighted by Crippen LogP contribution is -1.80. The highest BCUT2D eigenvalue weighted by Crippen LogP contribution is 2.33. The average molecular weight is 333 g/mol. The Morgan fingerprint density at radius 2 is 1.14 bits per heavy atom. The molecule has 2 heterocycles. The minimum atomic E-state index is 0.623. The van der Waals surface area contributed by atoms with Crippen LogP contribution in [-0.2, 0) is 12.8 Å². The van der Waals surface area contributed by atoms with Crippen molar-refractivity contribution in [3.05, 3.63) is 42.8 Å². The highest BCUT2D eigenvalue weighted by Gasteiger charge is 2.10. The van der Waals surface area contributed by atoms with Crippen LogP contribution >= 0.6 is 22.7 Å². The van der Waals surface area contributed by atoms with E-state index in [0.717, 1.165) is 12.8 Å². The van der Waals surface area contributed by atoms with Crippen molar-refractivity contribution in [2.45, 2.75) is 66.2 Å². The molecular weight excluding hydrogens is 304 g/mol. The molecule has 0 unspecified atom stereocenters. The molecule has 0 fully saturated rings. The maximum absolute atomic E-state index is 2.39. The molecule has 0 aliphatic carbocycles. The second kappa shape index (κ2) is 7.61. The summed E-state index contributed by atoms with van der Waals surface area (Å²) in [7, 11) is 0. The molecule has 0 bridgehead atoms. The van der Waals surface area contributed by atoms with E-state index in [2.05, 4.69) is 65.8 Å². The number of hydrogen-bond acceptors (Lipinski definition) is 2. The van der Waals surface area contributed by atoms with E-state index >= 15 is 0 Å². The Morgan fingerprint density at radius 3 is 1.41 bits per heavy atom. The van der Waals surface area contributed by atoms with Crippen molar-refractivity contribution in [3.63, 3.8) is 0 Å². The zero-order chi connectivity index (χ0) is 16.3. The molecule has 0 radical (unpaired) electrons. The molecule has 0 aromatic carbocycles. The smallest absolute Gasteiger partial charge is 0.0305 e. The highest BCUT2D eigenvalue weighted by molar-refractivity contribution is 7.14. The van der Waals surface area contributed by atoms with Gasteiger partial charge in [0.05, 0.1) is 0 Å². The molecule has 2 rings (SSSR count). The summed E-state index contributed by atoms with van der Waals surface area (Å²) >= 11 is 3.91. The van der Waals surface area contributed by atoms with Crippen LogP contribution in [-0.4, -0.2) is 0 Å². The SMILES string of the molecule is CCc1cc(C(C)C)sc1/C=C/c1sc(C(C)C)cc1CC. The molecule has 22 heavy (non-hydrogen) atoms. The fraction of sp³-hybridized carbons (Fsp3) is 0.500. The summed E-state index contributed by atoms with van der Waals surface area (Å²) < 4.78 is 0. The predicted molar refractivity (Wildman–Crippen MR) is 105 cm³/mol. The Hall–Kier alpha value is -0.860.